The lowest BCUT2D eigenvalue weighted by molar-refractivity contribution is -0.127. The minimum Gasteiger partial charge on any atom is -0.351 e. The van der Waals surface area contributed by atoms with E-state index in [0.29, 0.717) is 22.9 Å². The van der Waals surface area contributed by atoms with E-state index in [9.17, 15) is 9.59 Å². The van der Waals surface area contributed by atoms with Gasteiger partial charge in [0.2, 0.25) is 5.91 Å². The second-order valence-corrected chi connectivity index (χ2v) is 10.3. The van der Waals surface area contributed by atoms with Crippen molar-refractivity contribution in [3.8, 4) is 0 Å². The first-order valence-electron chi connectivity index (χ1n) is 12.3. The zero-order valence-corrected chi connectivity index (χ0v) is 20.7. The highest BCUT2D eigenvalue weighted by Crippen LogP contribution is 2.35. The standard InChI is InChI=1S/C26H35ClN4O2/c1-4-18(2)22-16-23-24(32)31(21-14-12-19(27)13-15-21)26(3,17-30(23)29-22)25(33)28-20-10-8-6-5-7-9-11-20/h12-16,18,20H,4-11,17H2,1-3H3,(H,28,33). The van der Waals surface area contributed by atoms with Gasteiger partial charge in [-0.3, -0.25) is 19.2 Å². The summed E-state index contributed by atoms with van der Waals surface area (Å²) in [6, 6.07) is 9.16. The Balaban J connectivity index is 1.70. The molecule has 2 aromatic rings. The van der Waals surface area contributed by atoms with Gasteiger partial charge in [0.25, 0.3) is 5.91 Å². The first-order chi connectivity index (χ1) is 15.8. The van der Waals surface area contributed by atoms with Crippen LogP contribution in [0.5, 0.6) is 0 Å². The number of rotatable bonds is 5. The first kappa shape index (κ1) is 23.8. The monoisotopic (exact) mass is 470 g/mol. The van der Waals surface area contributed by atoms with E-state index in [2.05, 4.69) is 19.2 Å². The number of halogens is 1. The number of carbonyl (C=O) groups is 2. The normalized spacial score (nSPS) is 22.9. The molecular weight excluding hydrogens is 436 g/mol. The third kappa shape index (κ3) is 4.81. The molecule has 1 saturated carbocycles. The summed E-state index contributed by atoms with van der Waals surface area (Å²) in [6.07, 6.45) is 8.88. The van der Waals surface area contributed by atoms with Crippen molar-refractivity contribution in [2.75, 3.05) is 4.90 Å². The molecule has 0 radical (unpaired) electrons. The van der Waals surface area contributed by atoms with Crippen molar-refractivity contribution >= 4 is 29.1 Å². The Bertz CT molecular complexity index is 994. The first-order valence-corrected chi connectivity index (χ1v) is 12.7. The van der Waals surface area contributed by atoms with Crippen LogP contribution in [0.3, 0.4) is 0 Å². The van der Waals surface area contributed by atoms with Crippen molar-refractivity contribution in [1.82, 2.24) is 15.1 Å². The molecule has 1 aliphatic carbocycles. The van der Waals surface area contributed by atoms with Gasteiger partial charge in [-0.05, 0) is 62.4 Å². The van der Waals surface area contributed by atoms with E-state index < -0.39 is 5.54 Å². The van der Waals surface area contributed by atoms with Crippen molar-refractivity contribution in [1.29, 1.82) is 0 Å². The number of fused-ring (bicyclic) bond motifs is 1. The van der Waals surface area contributed by atoms with Crippen molar-refractivity contribution in [3.63, 3.8) is 0 Å². The summed E-state index contributed by atoms with van der Waals surface area (Å²) >= 11 is 6.12. The van der Waals surface area contributed by atoms with Crippen LogP contribution in [0.25, 0.3) is 0 Å². The van der Waals surface area contributed by atoms with Gasteiger partial charge in [0.15, 0.2) is 0 Å². The number of aromatic nitrogens is 2. The SMILES string of the molecule is CCC(C)c1cc2n(n1)CC(C)(C(=O)NC1CCCCCCC1)N(c1ccc(Cl)cc1)C2=O. The molecule has 2 amide bonds. The lowest BCUT2D eigenvalue weighted by Crippen LogP contribution is -2.65. The Morgan fingerprint density at radius 1 is 1.18 bits per heavy atom. The van der Waals surface area contributed by atoms with E-state index in [-0.39, 0.29) is 23.8 Å². The Hall–Kier alpha value is -2.34. The molecule has 2 heterocycles. The summed E-state index contributed by atoms with van der Waals surface area (Å²) in [5, 5.41) is 8.63. The fourth-order valence-electron chi connectivity index (χ4n) is 4.99. The fourth-order valence-corrected chi connectivity index (χ4v) is 5.11. The summed E-state index contributed by atoms with van der Waals surface area (Å²) in [5.41, 5.74) is 0.981. The largest absolute Gasteiger partial charge is 0.351 e. The lowest BCUT2D eigenvalue weighted by Gasteiger charge is -2.43. The van der Waals surface area contributed by atoms with Crippen molar-refractivity contribution in [2.45, 2.75) is 96.2 Å². The highest BCUT2D eigenvalue weighted by molar-refractivity contribution is 6.30. The minimum absolute atomic E-state index is 0.123. The van der Waals surface area contributed by atoms with Gasteiger partial charge in [0, 0.05) is 16.8 Å². The highest BCUT2D eigenvalue weighted by Gasteiger charge is 2.49. The molecule has 0 spiro atoms. The van der Waals surface area contributed by atoms with Crippen LogP contribution in [0.15, 0.2) is 30.3 Å². The Labute approximate surface area is 201 Å². The molecule has 0 bridgehead atoms. The van der Waals surface area contributed by atoms with Gasteiger partial charge in [-0.15, -0.1) is 0 Å². The molecule has 1 fully saturated rings. The van der Waals surface area contributed by atoms with Gasteiger partial charge < -0.3 is 5.32 Å². The van der Waals surface area contributed by atoms with Gasteiger partial charge in [0.1, 0.15) is 11.2 Å². The minimum atomic E-state index is -1.10. The molecule has 1 aromatic heterocycles. The number of benzene rings is 1. The predicted molar refractivity (Wildman–Crippen MR) is 132 cm³/mol. The van der Waals surface area contributed by atoms with Crippen LogP contribution >= 0.6 is 11.6 Å². The third-order valence-electron chi connectivity index (χ3n) is 7.30. The zero-order chi connectivity index (χ0) is 23.6. The van der Waals surface area contributed by atoms with Crippen LogP contribution in [-0.4, -0.2) is 33.2 Å². The second-order valence-electron chi connectivity index (χ2n) is 9.83. The summed E-state index contributed by atoms with van der Waals surface area (Å²) in [4.78, 5) is 29.2. The average molecular weight is 471 g/mol. The van der Waals surface area contributed by atoms with Gasteiger partial charge in [-0.1, -0.05) is 57.6 Å². The van der Waals surface area contributed by atoms with E-state index in [4.69, 9.17) is 16.7 Å². The molecule has 1 N–H and O–H groups in total. The quantitative estimate of drug-likeness (QED) is 0.609. The molecule has 2 aliphatic rings. The summed E-state index contributed by atoms with van der Waals surface area (Å²) in [7, 11) is 0. The van der Waals surface area contributed by atoms with Crippen LogP contribution in [0.1, 0.15) is 94.2 Å². The topological polar surface area (TPSA) is 67.2 Å². The molecule has 2 unspecified atom stereocenters. The molecule has 33 heavy (non-hydrogen) atoms. The molecular formula is C26H35ClN4O2. The van der Waals surface area contributed by atoms with Crippen LogP contribution in [0.2, 0.25) is 5.02 Å². The Morgan fingerprint density at radius 2 is 1.82 bits per heavy atom. The smallest absolute Gasteiger partial charge is 0.277 e. The van der Waals surface area contributed by atoms with Crippen LogP contribution in [-0.2, 0) is 11.3 Å². The molecule has 178 valence electrons. The van der Waals surface area contributed by atoms with Gasteiger partial charge in [-0.25, -0.2) is 0 Å². The molecule has 4 rings (SSSR count). The molecule has 7 heteroatoms. The van der Waals surface area contributed by atoms with Crippen molar-refractivity contribution in [2.24, 2.45) is 0 Å². The average Bonchev–Trinajstić information content (AvgIpc) is 3.20. The maximum absolute atomic E-state index is 13.8. The number of nitrogens with one attached hydrogen (secondary N) is 1. The van der Waals surface area contributed by atoms with E-state index >= 15 is 0 Å². The fraction of sp³-hybridized carbons (Fsp3) is 0.577. The van der Waals surface area contributed by atoms with Gasteiger partial charge in [-0.2, -0.15) is 5.10 Å². The number of hydrogen-bond donors (Lipinski definition) is 1. The lowest BCUT2D eigenvalue weighted by atomic mass is 9.91. The zero-order valence-electron chi connectivity index (χ0n) is 19.9. The van der Waals surface area contributed by atoms with E-state index in [0.717, 1.165) is 37.8 Å². The number of carbonyl (C=O) groups excluding carboxylic acids is 2. The maximum atomic E-state index is 13.8. The van der Waals surface area contributed by atoms with Gasteiger partial charge in [0.05, 0.1) is 12.2 Å². The second kappa shape index (κ2) is 9.88. The number of anilines is 1. The third-order valence-corrected chi connectivity index (χ3v) is 7.56. The number of hydrogen-bond acceptors (Lipinski definition) is 3. The van der Waals surface area contributed by atoms with Crippen LogP contribution in [0.4, 0.5) is 5.69 Å². The van der Waals surface area contributed by atoms with E-state index in [1.54, 1.807) is 21.7 Å². The number of nitrogens with zero attached hydrogens (tertiary/aromatic N) is 3. The molecule has 1 aliphatic heterocycles. The molecule has 6 nitrogen and oxygen atoms in total. The Morgan fingerprint density at radius 3 is 2.45 bits per heavy atom. The maximum Gasteiger partial charge on any atom is 0.277 e. The van der Waals surface area contributed by atoms with Crippen LogP contribution in [0, 0.1) is 0 Å². The number of amides is 2. The Kier molecular flexibility index (Phi) is 7.13. The summed E-state index contributed by atoms with van der Waals surface area (Å²) in [5.74, 6) is -0.0848. The van der Waals surface area contributed by atoms with Gasteiger partial charge >= 0.3 is 0 Å². The molecule has 0 saturated heterocycles. The summed E-state index contributed by atoms with van der Waals surface area (Å²) in [6.45, 7) is 6.38. The van der Waals surface area contributed by atoms with Crippen molar-refractivity contribution < 1.29 is 9.59 Å². The van der Waals surface area contributed by atoms with E-state index in [1.165, 1.54) is 19.3 Å². The van der Waals surface area contributed by atoms with Crippen molar-refractivity contribution in [3.05, 3.63) is 46.7 Å². The summed E-state index contributed by atoms with van der Waals surface area (Å²) < 4.78 is 1.73. The highest BCUT2D eigenvalue weighted by atomic mass is 35.5. The predicted octanol–water partition coefficient (Wildman–Crippen LogP) is 5.70. The molecule has 1 aromatic carbocycles. The molecule has 2 atom stereocenters. The van der Waals surface area contributed by atoms with E-state index in [1.807, 2.05) is 25.1 Å². The van der Waals surface area contributed by atoms with Crippen LogP contribution < -0.4 is 10.2 Å².